The SMILES string of the molecule is C=C1CC(C)(C)CC(O)(CCCC)C1. The van der Waals surface area contributed by atoms with Gasteiger partial charge in [-0.25, -0.2) is 0 Å². The molecular weight excluding hydrogens is 172 g/mol. The number of unbranched alkanes of at least 4 members (excludes halogenated alkanes) is 1. The average Bonchev–Trinajstić information content (AvgIpc) is 1.96. The lowest BCUT2D eigenvalue weighted by Crippen LogP contribution is -2.39. The topological polar surface area (TPSA) is 20.2 Å². The maximum Gasteiger partial charge on any atom is 0.0689 e. The first-order valence-corrected chi connectivity index (χ1v) is 5.76. The summed E-state index contributed by atoms with van der Waals surface area (Å²) in [4.78, 5) is 0. The van der Waals surface area contributed by atoms with E-state index in [0.29, 0.717) is 0 Å². The molecule has 1 aliphatic rings. The first-order valence-electron chi connectivity index (χ1n) is 5.76. The zero-order valence-corrected chi connectivity index (χ0v) is 9.90. The molecule has 14 heavy (non-hydrogen) atoms. The Morgan fingerprint density at radius 1 is 1.36 bits per heavy atom. The minimum atomic E-state index is -0.463. The molecule has 1 rings (SSSR count). The third-order valence-electron chi connectivity index (χ3n) is 3.11. The Balaban J connectivity index is 2.64. The van der Waals surface area contributed by atoms with E-state index in [1.165, 1.54) is 5.57 Å². The highest BCUT2D eigenvalue weighted by Gasteiger charge is 2.39. The molecule has 1 nitrogen and oxygen atoms in total. The van der Waals surface area contributed by atoms with Crippen molar-refractivity contribution in [3.05, 3.63) is 12.2 Å². The highest BCUT2D eigenvalue weighted by atomic mass is 16.3. The van der Waals surface area contributed by atoms with Gasteiger partial charge in [-0.05, 0) is 31.1 Å². The first kappa shape index (κ1) is 11.8. The van der Waals surface area contributed by atoms with Gasteiger partial charge in [0, 0.05) is 0 Å². The second-order valence-electron chi connectivity index (χ2n) is 5.77. The van der Waals surface area contributed by atoms with Gasteiger partial charge in [0.1, 0.15) is 0 Å². The predicted molar refractivity (Wildman–Crippen MR) is 61.2 cm³/mol. The van der Waals surface area contributed by atoms with E-state index in [1.54, 1.807) is 0 Å². The predicted octanol–water partition coefficient (Wildman–Crippen LogP) is 3.67. The third-order valence-corrected chi connectivity index (χ3v) is 3.11. The van der Waals surface area contributed by atoms with Crippen LogP contribution in [0.25, 0.3) is 0 Å². The van der Waals surface area contributed by atoms with Gasteiger partial charge in [0.05, 0.1) is 5.60 Å². The second-order valence-corrected chi connectivity index (χ2v) is 5.77. The molecule has 0 aliphatic heterocycles. The van der Waals surface area contributed by atoms with E-state index in [-0.39, 0.29) is 5.41 Å². The van der Waals surface area contributed by atoms with E-state index in [4.69, 9.17) is 0 Å². The molecule has 0 heterocycles. The molecule has 0 aromatic carbocycles. The van der Waals surface area contributed by atoms with Crippen molar-refractivity contribution in [3.8, 4) is 0 Å². The maximum absolute atomic E-state index is 10.4. The van der Waals surface area contributed by atoms with Gasteiger partial charge in [0.2, 0.25) is 0 Å². The Labute approximate surface area is 88.2 Å². The van der Waals surface area contributed by atoms with E-state index in [0.717, 1.165) is 38.5 Å². The van der Waals surface area contributed by atoms with Crippen LogP contribution in [0.3, 0.4) is 0 Å². The van der Waals surface area contributed by atoms with E-state index in [2.05, 4.69) is 27.4 Å². The molecule has 0 saturated heterocycles. The lowest BCUT2D eigenvalue weighted by molar-refractivity contribution is -0.0279. The van der Waals surface area contributed by atoms with Crippen LogP contribution in [0.2, 0.25) is 0 Å². The number of rotatable bonds is 3. The van der Waals surface area contributed by atoms with Crippen LogP contribution in [0.5, 0.6) is 0 Å². The van der Waals surface area contributed by atoms with Gasteiger partial charge in [0.25, 0.3) is 0 Å². The van der Waals surface area contributed by atoms with Crippen molar-refractivity contribution in [1.29, 1.82) is 0 Å². The van der Waals surface area contributed by atoms with Crippen molar-refractivity contribution in [1.82, 2.24) is 0 Å². The molecule has 0 amide bonds. The van der Waals surface area contributed by atoms with Crippen molar-refractivity contribution >= 4 is 0 Å². The highest BCUT2D eigenvalue weighted by molar-refractivity contribution is 5.10. The van der Waals surface area contributed by atoms with Gasteiger partial charge in [-0.3, -0.25) is 0 Å². The van der Waals surface area contributed by atoms with E-state index < -0.39 is 5.60 Å². The molecule has 0 aromatic rings. The molecule has 0 aromatic heterocycles. The molecule has 82 valence electrons. The van der Waals surface area contributed by atoms with Crippen molar-refractivity contribution in [2.75, 3.05) is 0 Å². The van der Waals surface area contributed by atoms with Gasteiger partial charge in [-0.2, -0.15) is 0 Å². The molecule has 1 saturated carbocycles. The van der Waals surface area contributed by atoms with Crippen molar-refractivity contribution < 1.29 is 5.11 Å². The molecular formula is C13H24O. The highest BCUT2D eigenvalue weighted by Crippen LogP contribution is 2.45. The van der Waals surface area contributed by atoms with E-state index >= 15 is 0 Å². The summed E-state index contributed by atoms with van der Waals surface area (Å²) >= 11 is 0. The van der Waals surface area contributed by atoms with Crippen molar-refractivity contribution in [3.63, 3.8) is 0 Å². The number of aliphatic hydroxyl groups is 1. The number of hydrogen-bond acceptors (Lipinski definition) is 1. The monoisotopic (exact) mass is 196 g/mol. The van der Waals surface area contributed by atoms with Gasteiger partial charge >= 0.3 is 0 Å². The molecule has 1 heteroatoms. The Morgan fingerprint density at radius 2 is 2.00 bits per heavy atom. The summed E-state index contributed by atoms with van der Waals surface area (Å²) in [7, 11) is 0. The summed E-state index contributed by atoms with van der Waals surface area (Å²) in [6, 6.07) is 0. The summed E-state index contributed by atoms with van der Waals surface area (Å²) < 4.78 is 0. The van der Waals surface area contributed by atoms with Gasteiger partial charge in [-0.15, -0.1) is 0 Å². The quantitative estimate of drug-likeness (QED) is 0.683. The fraction of sp³-hybridized carbons (Fsp3) is 0.846. The van der Waals surface area contributed by atoms with Crippen LogP contribution in [0.4, 0.5) is 0 Å². The standard InChI is InChI=1S/C13H24O/c1-5-6-7-13(14)9-11(2)8-12(3,4)10-13/h14H,2,5-10H2,1,3-4H3. The second kappa shape index (κ2) is 4.06. The zero-order valence-electron chi connectivity index (χ0n) is 9.90. The maximum atomic E-state index is 10.4. The molecule has 0 spiro atoms. The fourth-order valence-corrected chi connectivity index (χ4v) is 2.90. The van der Waals surface area contributed by atoms with Gasteiger partial charge < -0.3 is 5.11 Å². The molecule has 1 fully saturated rings. The van der Waals surface area contributed by atoms with Crippen molar-refractivity contribution in [2.24, 2.45) is 5.41 Å². The molecule has 1 aliphatic carbocycles. The first-order chi connectivity index (χ1) is 6.37. The fourth-order valence-electron chi connectivity index (χ4n) is 2.90. The average molecular weight is 196 g/mol. The zero-order chi connectivity index (χ0) is 10.8. The molecule has 1 N–H and O–H groups in total. The summed E-state index contributed by atoms with van der Waals surface area (Å²) in [6.45, 7) is 10.7. The minimum Gasteiger partial charge on any atom is -0.390 e. The molecule has 0 bridgehead atoms. The van der Waals surface area contributed by atoms with Gasteiger partial charge in [-0.1, -0.05) is 45.8 Å². The van der Waals surface area contributed by atoms with Crippen LogP contribution in [-0.2, 0) is 0 Å². The van der Waals surface area contributed by atoms with Crippen LogP contribution in [0.15, 0.2) is 12.2 Å². The van der Waals surface area contributed by atoms with Crippen molar-refractivity contribution in [2.45, 2.75) is 64.9 Å². The summed E-state index contributed by atoms with van der Waals surface area (Å²) in [5.41, 5.74) is 0.993. The van der Waals surface area contributed by atoms with E-state index in [9.17, 15) is 5.11 Å². The Bertz CT molecular complexity index is 217. The lowest BCUT2D eigenvalue weighted by atomic mass is 9.67. The molecule has 1 unspecified atom stereocenters. The molecule has 0 radical (unpaired) electrons. The number of hydrogen-bond donors (Lipinski definition) is 1. The van der Waals surface area contributed by atoms with Crippen LogP contribution in [0, 0.1) is 5.41 Å². The molecule has 1 atom stereocenters. The van der Waals surface area contributed by atoms with Crippen LogP contribution in [-0.4, -0.2) is 10.7 Å². The largest absolute Gasteiger partial charge is 0.390 e. The third kappa shape index (κ3) is 3.13. The smallest absolute Gasteiger partial charge is 0.0689 e. The van der Waals surface area contributed by atoms with E-state index in [1.807, 2.05) is 0 Å². The lowest BCUT2D eigenvalue weighted by Gasteiger charge is -2.42. The van der Waals surface area contributed by atoms with Crippen LogP contribution in [0.1, 0.15) is 59.3 Å². The summed E-state index contributed by atoms with van der Waals surface area (Å²) in [5, 5.41) is 10.4. The van der Waals surface area contributed by atoms with Gasteiger partial charge in [0.15, 0.2) is 0 Å². The van der Waals surface area contributed by atoms with Crippen LogP contribution >= 0.6 is 0 Å². The normalized spacial score (nSPS) is 31.9. The minimum absolute atomic E-state index is 0.234. The Hall–Kier alpha value is -0.300. The summed E-state index contributed by atoms with van der Waals surface area (Å²) in [6.07, 6.45) is 6.04. The Kier molecular flexibility index (Phi) is 3.41. The summed E-state index contributed by atoms with van der Waals surface area (Å²) in [5.74, 6) is 0. The Morgan fingerprint density at radius 3 is 2.50 bits per heavy atom. The van der Waals surface area contributed by atoms with Crippen LogP contribution < -0.4 is 0 Å².